The quantitative estimate of drug-likeness (QED) is 0.630. The molecule has 2 saturated heterocycles. The van der Waals surface area contributed by atoms with E-state index in [0.29, 0.717) is 29.5 Å². The molecule has 0 saturated carbocycles. The molecule has 1 aromatic carbocycles. The van der Waals surface area contributed by atoms with E-state index in [1.54, 1.807) is 6.26 Å². The minimum atomic E-state index is 0.132. The van der Waals surface area contributed by atoms with Gasteiger partial charge in [0.15, 0.2) is 5.43 Å². The van der Waals surface area contributed by atoms with E-state index in [2.05, 4.69) is 27.3 Å². The molecular formula is C24H28N2O2S. The molecule has 2 atom stereocenters. The first-order chi connectivity index (χ1) is 14.2. The number of hydrogen-bond donors (Lipinski definition) is 0. The van der Waals surface area contributed by atoms with Crippen molar-refractivity contribution in [1.82, 2.24) is 9.80 Å². The Balaban J connectivity index is 1.32. The Morgan fingerprint density at radius 3 is 2.97 bits per heavy atom. The fraction of sp³-hybridized carbons (Fsp3) is 0.458. The number of aryl methyl sites for hydroxylation is 1. The molecule has 0 N–H and O–H groups in total. The lowest BCUT2D eigenvalue weighted by Gasteiger charge is -2.47. The van der Waals surface area contributed by atoms with Crippen molar-refractivity contribution in [1.29, 1.82) is 0 Å². The van der Waals surface area contributed by atoms with Crippen LogP contribution in [0.15, 0.2) is 51.2 Å². The third kappa shape index (κ3) is 3.91. The minimum absolute atomic E-state index is 0.132. The topological polar surface area (TPSA) is 36.7 Å². The molecule has 0 amide bonds. The molecule has 2 aliphatic heterocycles. The van der Waals surface area contributed by atoms with Crippen LogP contribution in [0.5, 0.6) is 0 Å². The van der Waals surface area contributed by atoms with Crippen LogP contribution in [0.25, 0.3) is 11.0 Å². The van der Waals surface area contributed by atoms with E-state index in [9.17, 15) is 4.79 Å². The number of likely N-dealkylation sites (tertiary alicyclic amines) is 2. The molecule has 2 aromatic heterocycles. The Hall–Kier alpha value is -1.95. The van der Waals surface area contributed by atoms with Crippen molar-refractivity contribution < 1.29 is 4.42 Å². The van der Waals surface area contributed by atoms with Crippen LogP contribution >= 0.6 is 11.3 Å². The standard InChI is InChI=1S/C24H28N2O2S/c1-17-6-7-23-21(12-17)24(27)19(16-28-23)14-26-9-2-4-18-13-25(10-8-22(18)26)15-20-5-3-11-29-20/h3,5-7,11-12,16,18,22H,2,4,8-10,13-15H2,1H3/t18-,22-/m1/s1. The average Bonchev–Trinajstić information content (AvgIpc) is 3.23. The molecular weight excluding hydrogens is 380 g/mol. The highest BCUT2D eigenvalue weighted by atomic mass is 32.1. The van der Waals surface area contributed by atoms with E-state index in [1.807, 2.05) is 36.5 Å². The normalized spacial score (nSPS) is 23.3. The maximum atomic E-state index is 13.1. The molecule has 0 radical (unpaired) electrons. The monoisotopic (exact) mass is 408 g/mol. The summed E-state index contributed by atoms with van der Waals surface area (Å²) < 4.78 is 5.80. The van der Waals surface area contributed by atoms with Gasteiger partial charge < -0.3 is 4.42 Å². The van der Waals surface area contributed by atoms with E-state index in [4.69, 9.17) is 4.42 Å². The fourth-order valence-electron chi connectivity index (χ4n) is 5.16. The van der Waals surface area contributed by atoms with Crippen LogP contribution in [0.2, 0.25) is 0 Å². The summed E-state index contributed by atoms with van der Waals surface area (Å²) in [5.41, 5.74) is 2.71. The maximum absolute atomic E-state index is 13.1. The third-order valence-corrected chi connectivity index (χ3v) is 7.46. The third-order valence-electron chi connectivity index (χ3n) is 6.60. The summed E-state index contributed by atoms with van der Waals surface area (Å²) in [5, 5.41) is 2.88. The molecule has 152 valence electrons. The Morgan fingerprint density at radius 1 is 1.17 bits per heavy atom. The number of hydrogen-bond acceptors (Lipinski definition) is 5. The van der Waals surface area contributed by atoms with Crippen molar-refractivity contribution >= 4 is 22.3 Å². The van der Waals surface area contributed by atoms with Crippen LogP contribution in [0.3, 0.4) is 0 Å². The Morgan fingerprint density at radius 2 is 2.10 bits per heavy atom. The van der Waals surface area contributed by atoms with Crippen LogP contribution in [0.1, 0.15) is 35.3 Å². The summed E-state index contributed by atoms with van der Waals surface area (Å²) in [6, 6.07) is 10.8. The molecule has 5 rings (SSSR count). The second-order valence-electron chi connectivity index (χ2n) is 8.63. The average molecular weight is 409 g/mol. The maximum Gasteiger partial charge on any atom is 0.197 e. The van der Waals surface area contributed by atoms with Crippen molar-refractivity contribution in [3.63, 3.8) is 0 Å². The van der Waals surface area contributed by atoms with E-state index >= 15 is 0 Å². The first-order valence-electron chi connectivity index (χ1n) is 10.7. The molecule has 2 aliphatic rings. The molecule has 0 spiro atoms. The fourth-order valence-corrected chi connectivity index (χ4v) is 5.90. The zero-order valence-electron chi connectivity index (χ0n) is 17.0. The highest BCUT2D eigenvalue weighted by molar-refractivity contribution is 7.09. The van der Waals surface area contributed by atoms with Gasteiger partial charge in [0.2, 0.25) is 0 Å². The Labute approximate surface area is 175 Å². The Kier molecular flexibility index (Phi) is 5.29. The van der Waals surface area contributed by atoms with Gasteiger partial charge in [-0.15, -0.1) is 11.3 Å². The summed E-state index contributed by atoms with van der Waals surface area (Å²) in [4.78, 5) is 19.7. The van der Waals surface area contributed by atoms with Crippen molar-refractivity contribution in [2.75, 3.05) is 19.6 Å². The summed E-state index contributed by atoms with van der Waals surface area (Å²) in [5.74, 6) is 0.701. The molecule has 5 heteroatoms. The number of nitrogens with zero attached hydrogens (tertiary/aromatic N) is 2. The highest BCUT2D eigenvalue weighted by Gasteiger charge is 2.36. The van der Waals surface area contributed by atoms with Gasteiger partial charge in [0.05, 0.1) is 11.6 Å². The van der Waals surface area contributed by atoms with Gasteiger partial charge in [-0.1, -0.05) is 17.7 Å². The molecule has 3 aromatic rings. The molecule has 2 fully saturated rings. The lowest BCUT2D eigenvalue weighted by atomic mass is 9.83. The van der Waals surface area contributed by atoms with Crippen molar-refractivity contribution in [2.45, 2.75) is 45.3 Å². The first-order valence-corrected chi connectivity index (χ1v) is 11.6. The van der Waals surface area contributed by atoms with E-state index in [1.165, 1.54) is 30.7 Å². The molecule has 0 bridgehead atoms. The lowest BCUT2D eigenvalue weighted by Crippen LogP contribution is -2.53. The summed E-state index contributed by atoms with van der Waals surface area (Å²) in [7, 11) is 0. The van der Waals surface area contributed by atoms with Gasteiger partial charge in [-0.05, 0) is 62.2 Å². The number of rotatable bonds is 4. The van der Waals surface area contributed by atoms with Gasteiger partial charge in [0, 0.05) is 42.7 Å². The summed E-state index contributed by atoms with van der Waals surface area (Å²) in [6.45, 7) is 7.20. The molecule has 29 heavy (non-hydrogen) atoms. The van der Waals surface area contributed by atoms with Crippen molar-refractivity contribution in [2.24, 2.45) is 5.92 Å². The lowest BCUT2D eigenvalue weighted by molar-refractivity contribution is 0.0156. The van der Waals surface area contributed by atoms with Gasteiger partial charge in [-0.3, -0.25) is 14.6 Å². The van der Waals surface area contributed by atoms with Crippen LogP contribution in [-0.4, -0.2) is 35.5 Å². The van der Waals surface area contributed by atoms with Crippen LogP contribution in [-0.2, 0) is 13.1 Å². The van der Waals surface area contributed by atoms with Gasteiger partial charge >= 0.3 is 0 Å². The van der Waals surface area contributed by atoms with Gasteiger partial charge in [-0.2, -0.15) is 0 Å². The van der Waals surface area contributed by atoms with Crippen molar-refractivity contribution in [3.8, 4) is 0 Å². The largest absolute Gasteiger partial charge is 0.464 e. The van der Waals surface area contributed by atoms with E-state index in [-0.39, 0.29) is 5.43 Å². The number of piperidine rings is 2. The number of benzene rings is 1. The predicted molar refractivity (Wildman–Crippen MR) is 118 cm³/mol. The molecule has 0 aliphatic carbocycles. The number of thiophene rings is 1. The van der Waals surface area contributed by atoms with Gasteiger partial charge in [-0.25, -0.2) is 0 Å². The van der Waals surface area contributed by atoms with E-state index < -0.39 is 0 Å². The molecule has 0 unspecified atom stereocenters. The summed E-state index contributed by atoms with van der Waals surface area (Å²) in [6.07, 6.45) is 5.39. The summed E-state index contributed by atoms with van der Waals surface area (Å²) >= 11 is 1.85. The van der Waals surface area contributed by atoms with Gasteiger partial charge in [0.25, 0.3) is 0 Å². The SMILES string of the molecule is Cc1ccc2occ(CN3CCC[C@@H]4CN(Cc5cccs5)CC[C@H]43)c(=O)c2c1. The van der Waals surface area contributed by atoms with Crippen LogP contribution in [0.4, 0.5) is 0 Å². The molecule has 4 nitrogen and oxygen atoms in total. The number of fused-ring (bicyclic) bond motifs is 2. The zero-order chi connectivity index (χ0) is 19.8. The predicted octanol–water partition coefficient (Wildman–Crippen LogP) is 4.65. The van der Waals surface area contributed by atoms with Gasteiger partial charge in [0.1, 0.15) is 5.58 Å². The highest BCUT2D eigenvalue weighted by Crippen LogP contribution is 2.32. The van der Waals surface area contributed by atoms with Crippen molar-refractivity contribution in [3.05, 3.63) is 68.2 Å². The Bertz CT molecular complexity index is 1040. The van der Waals surface area contributed by atoms with E-state index in [0.717, 1.165) is 30.8 Å². The minimum Gasteiger partial charge on any atom is -0.464 e. The zero-order valence-corrected chi connectivity index (χ0v) is 17.8. The second kappa shape index (κ2) is 8.05. The van der Waals surface area contributed by atoms with Crippen LogP contribution in [0, 0.1) is 12.8 Å². The molecule has 4 heterocycles. The smallest absolute Gasteiger partial charge is 0.197 e. The van der Waals surface area contributed by atoms with Crippen LogP contribution < -0.4 is 5.43 Å². The first kappa shape index (κ1) is 19.0. The second-order valence-corrected chi connectivity index (χ2v) is 9.67.